The molecule has 0 atom stereocenters. The summed E-state index contributed by atoms with van der Waals surface area (Å²) >= 11 is 0. The van der Waals surface area contributed by atoms with Gasteiger partial charge in [-0.3, -0.25) is 4.79 Å². The van der Waals surface area contributed by atoms with E-state index in [0.29, 0.717) is 30.1 Å². The van der Waals surface area contributed by atoms with E-state index in [0.717, 1.165) is 37.6 Å². The molecule has 1 fully saturated rings. The Balaban J connectivity index is 1.68. The third kappa shape index (κ3) is 4.18. The summed E-state index contributed by atoms with van der Waals surface area (Å²) in [6.07, 6.45) is 1.73. The minimum absolute atomic E-state index is 0.0174. The molecule has 0 saturated carbocycles. The standard InChI is InChI=1S/C20H28FN5O/c1-5-26-18(13-24(3)4)22-23-19(26)15-8-10-25(11-9-15)20(27)17-7-6-16(21)12-14(17)2/h6-7,12,15H,5,8-11,13H2,1-4H3. The molecule has 1 amide bonds. The molecule has 6 nitrogen and oxygen atoms in total. The molecule has 1 aliphatic heterocycles. The van der Waals surface area contributed by atoms with Crippen molar-refractivity contribution in [2.24, 2.45) is 0 Å². The van der Waals surface area contributed by atoms with Gasteiger partial charge in [0.1, 0.15) is 17.5 Å². The Labute approximate surface area is 160 Å². The van der Waals surface area contributed by atoms with Crippen LogP contribution in [0.4, 0.5) is 4.39 Å². The maximum Gasteiger partial charge on any atom is 0.254 e. The Morgan fingerprint density at radius 1 is 1.26 bits per heavy atom. The van der Waals surface area contributed by atoms with Crippen LogP contribution in [0, 0.1) is 12.7 Å². The van der Waals surface area contributed by atoms with E-state index in [1.54, 1.807) is 13.0 Å². The van der Waals surface area contributed by atoms with Crippen molar-refractivity contribution in [3.63, 3.8) is 0 Å². The zero-order valence-corrected chi connectivity index (χ0v) is 16.6. The summed E-state index contributed by atoms with van der Waals surface area (Å²) in [5.74, 6) is 2.00. The fraction of sp³-hybridized carbons (Fsp3) is 0.550. The van der Waals surface area contributed by atoms with Crippen LogP contribution in [-0.2, 0) is 13.1 Å². The molecule has 0 spiro atoms. The minimum Gasteiger partial charge on any atom is -0.339 e. The number of aromatic nitrogens is 3. The zero-order chi connectivity index (χ0) is 19.6. The molecule has 0 radical (unpaired) electrons. The smallest absolute Gasteiger partial charge is 0.254 e. The molecule has 7 heteroatoms. The van der Waals surface area contributed by atoms with Crippen LogP contribution in [0.2, 0.25) is 0 Å². The van der Waals surface area contributed by atoms with Crippen LogP contribution in [0.25, 0.3) is 0 Å². The van der Waals surface area contributed by atoms with Crippen molar-refractivity contribution >= 4 is 5.91 Å². The normalized spacial score (nSPS) is 15.6. The second-order valence-corrected chi connectivity index (χ2v) is 7.48. The summed E-state index contributed by atoms with van der Waals surface area (Å²) in [6, 6.07) is 4.35. The first-order valence-corrected chi connectivity index (χ1v) is 9.52. The average Bonchev–Trinajstić information content (AvgIpc) is 3.03. The summed E-state index contributed by atoms with van der Waals surface area (Å²) < 4.78 is 15.5. The maximum absolute atomic E-state index is 13.3. The lowest BCUT2D eigenvalue weighted by atomic mass is 9.95. The third-order valence-electron chi connectivity index (χ3n) is 5.20. The van der Waals surface area contributed by atoms with Gasteiger partial charge in [-0.15, -0.1) is 10.2 Å². The largest absolute Gasteiger partial charge is 0.339 e. The second-order valence-electron chi connectivity index (χ2n) is 7.48. The molecular formula is C20H28FN5O. The van der Waals surface area contributed by atoms with Crippen LogP contribution in [-0.4, -0.2) is 57.7 Å². The molecule has 2 heterocycles. The fourth-order valence-electron chi connectivity index (χ4n) is 3.77. The molecule has 146 valence electrons. The number of aryl methyl sites for hydroxylation is 1. The Morgan fingerprint density at radius 3 is 2.56 bits per heavy atom. The van der Waals surface area contributed by atoms with Gasteiger partial charge in [0, 0.05) is 31.1 Å². The molecule has 3 rings (SSSR count). The summed E-state index contributed by atoms with van der Waals surface area (Å²) in [6.45, 7) is 6.86. The lowest BCUT2D eigenvalue weighted by molar-refractivity contribution is 0.0709. The van der Waals surface area contributed by atoms with Gasteiger partial charge in [0.15, 0.2) is 0 Å². The number of hydrogen-bond acceptors (Lipinski definition) is 4. The second kappa shape index (κ2) is 8.17. The highest BCUT2D eigenvalue weighted by Gasteiger charge is 2.28. The Kier molecular flexibility index (Phi) is 5.89. The van der Waals surface area contributed by atoms with Crippen molar-refractivity contribution in [3.05, 3.63) is 46.8 Å². The van der Waals surface area contributed by atoms with E-state index in [1.807, 2.05) is 19.0 Å². The molecule has 1 aliphatic rings. The number of likely N-dealkylation sites (tertiary alicyclic amines) is 1. The number of carbonyl (C=O) groups excluding carboxylic acids is 1. The molecule has 27 heavy (non-hydrogen) atoms. The highest BCUT2D eigenvalue weighted by Crippen LogP contribution is 2.28. The number of carbonyl (C=O) groups is 1. The molecule has 0 aliphatic carbocycles. The van der Waals surface area contributed by atoms with E-state index in [1.165, 1.54) is 12.1 Å². The first kappa shape index (κ1) is 19.5. The highest BCUT2D eigenvalue weighted by atomic mass is 19.1. The molecule has 0 bridgehead atoms. The number of piperidine rings is 1. The molecule has 1 aromatic heterocycles. The molecule has 0 unspecified atom stereocenters. The predicted octanol–water partition coefficient (Wildman–Crippen LogP) is 2.83. The average molecular weight is 373 g/mol. The van der Waals surface area contributed by atoms with Crippen LogP contribution < -0.4 is 0 Å². The van der Waals surface area contributed by atoms with E-state index in [-0.39, 0.29) is 11.7 Å². The van der Waals surface area contributed by atoms with Gasteiger partial charge in [0.05, 0.1) is 6.54 Å². The monoisotopic (exact) mass is 373 g/mol. The van der Waals surface area contributed by atoms with E-state index in [2.05, 4.69) is 26.6 Å². The summed E-state index contributed by atoms with van der Waals surface area (Å²) in [5, 5.41) is 8.84. The minimum atomic E-state index is -0.310. The molecule has 1 aromatic carbocycles. The zero-order valence-electron chi connectivity index (χ0n) is 16.6. The molecule has 1 saturated heterocycles. The van der Waals surface area contributed by atoms with Crippen LogP contribution in [0.1, 0.15) is 53.3 Å². The van der Waals surface area contributed by atoms with Gasteiger partial charge < -0.3 is 14.4 Å². The molecule has 0 N–H and O–H groups in total. The Bertz CT molecular complexity index is 809. The van der Waals surface area contributed by atoms with Gasteiger partial charge in [0.25, 0.3) is 5.91 Å². The van der Waals surface area contributed by atoms with Gasteiger partial charge >= 0.3 is 0 Å². The van der Waals surface area contributed by atoms with E-state index in [9.17, 15) is 9.18 Å². The summed E-state index contributed by atoms with van der Waals surface area (Å²) in [4.78, 5) is 16.7. The summed E-state index contributed by atoms with van der Waals surface area (Å²) in [5.41, 5.74) is 1.26. The Hall–Kier alpha value is -2.28. The highest BCUT2D eigenvalue weighted by molar-refractivity contribution is 5.95. The predicted molar refractivity (Wildman–Crippen MR) is 102 cm³/mol. The van der Waals surface area contributed by atoms with Gasteiger partial charge in [0.2, 0.25) is 0 Å². The van der Waals surface area contributed by atoms with Crippen molar-refractivity contribution in [3.8, 4) is 0 Å². The van der Waals surface area contributed by atoms with Crippen molar-refractivity contribution in [1.82, 2.24) is 24.6 Å². The van der Waals surface area contributed by atoms with Crippen LogP contribution >= 0.6 is 0 Å². The summed E-state index contributed by atoms with van der Waals surface area (Å²) in [7, 11) is 4.05. The Morgan fingerprint density at radius 2 is 1.96 bits per heavy atom. The van der Waals surface area contributed by atoms with Crippen LogP contribution in [0.5, 0.6) is 0 Å². The van der Waals surface area contributed by atoms with Gasteiger partial charge in [-0.2, -0.15) is 0 Å². The number of benzene rings is 1. The number of nitrogens with zero attached hydrogens (tertiary/aromatic N) is 5. The van der Waals surface area contributed by atoms with Crippen LogP contribution in [0.15, 0.2) is 18.2 Å². The molecule has 2 aromatic rings. The van der Waals surface area contributed by atoms with E-state index >= 15 is 0 Å². The first-order chi connectivity index (χ1) is 12.9. The van der Waals surface area contributed by atoms with Crippen LogP contribution in [0.3, 0.4) is 0 Å². The number of halogens is 1. The SMILES string of the molecule is CCn1c(CN(C)C)nnc1C1CCN(C(=O)c2ccc(F)cc2C)CC1. The van der Waals surface area contributed by atoms with Gasteiger partial charge in [-0.05, 0) is 64.5 Å². The topological polar surface area (TPSA) is 54.3 Å². The van der Waals surface area contributed by atoms with Gasteiger partial charge in [-0.25, -0.2) is 4.39 Å². The number of hydrogen-bond donors (Lipinski definition) is 0. The maximum atomic E-state index is 13.3. The van der Waals surface area contributed by atoms with Crippen molar-refractivity contribution in [2.45, 2.75) is 45.7 Å². The third-order valence-corrected chi connectivity index (χ3v) is 5.20. The lowest BCUT2D eigenvalue weighted by Gasteiger charge is -2.32. The van der Waals surface area contributed by atoms with Crippen molar-refractivity contribution < 1.29 is 9.18 Å². The van der Waals surface area contributed by atoms with Crippen molar-refractivity contribution in [1.29, 1.82) is 0 Å². The van der Waals surface area contributed by atoms with Crippen molar-refractivity contribution in [2.75, 3.05) is 27.2 Å². The molecular weight excluding hydrogens is 345 g/mol. The van der Waals surface area contributed by atoms with E-state index in [4.69, 9.17) is 0 Å². The fourth-order valence-corrected chi connectivity index (χ4v) is 3.77. The first-order valence-electron chi connectivity index (χ1n) is 9.52. The quantitative estimate of drug-likeness (QED) is 0.809. The van der Waals surface area contributed by atoms with E-state index < -0.39 is 0 Å². The number of amides is 1. The lowest BCUT2D eigenvalue weighted by Crippen LogP contribution is -2.38. The van der Waals surface area contributed by atoms with Gasteiger partial charge in [-0.1, -0.05) is 0 Å². The number of rotatable bonds is 5.